The van der Waals surface area contributed by atoms with Crippen molar-refractivity contribution in [2.45, 2.75) is 0 Å². The zero-order valence-corrected chi connectivity index (χ0v) is 9.20. The van der Waals surface area contributed by atoms with E-state index in [0.717, 1.165) is 16.6 Å². The lowest BCUT2D eigenvalue weighted by atomic mass is 10.1. The minimum atomic E-state index is 0.00716. The molecule has 84 valence electrons. The maximum absolute atomic E-state index is 9.57. The molecule has 1 N–H and O–H groups in total. The van der Waals surface area contributed by atoms with Gasteiger partial charge in [0, 0.05) is 18.8 Å². The SMILES string of the molecule is Cn1cc(-c2ccc3c(O)ncnc3c2)cn1. The van der Waals surface area contributed by atoms with Crippen molar-refractivity contribution in [2.24, 2.45) is 7.05 Å². The van der Waals surface area contributed by atoms with Gasteiger partial charge in [0.1, 0.15) is 6.33 Å². The average Bonchev–Trinajstić information content (AvgIpc) is 2.76. The zero-order valence-electron chi connectivity index (χ0n) is 9.20. The van der Waals surface area contributed by atoms with E-state index in [4.69, 9.17) is 0 Å². The molecule has 0 saturated carbocycles. The second-order valence-corrected chi connectivity index (χ2v) is 3.83. The first-order chi connectivity index (χ1) is 8.24. The summed E-state index contributed by atoms with van der Waals surface area (Å²) >= 11 is 0. The number of nitrogens with zero attached hydrogens (tertiary/aromatic N) is 4. The van der Waals surface area contributed by atoms with Crippen LogP contribution in [0.1, 0.15) is 0 Å². The van der Waals surface area contributed by atoms with Crippen molar-refractivity contribution < 1.29 is 5.11 Å². The van der Waals surface area contributed by atoms with Crippen LogP contribution in [0.5, 0.6) is 5.88 Å². The molecule has 0 unspecified atom stereocenters. The molecule has 2 heterocycles. The van der Waals surface area contributed by atoms with Crippen LogP contribution in [0, 0.1) is 0 Å². The monoisotopic (exact) mass is 226 g/mol. The number of aromatic hydroxyl groups is 1. The van der Waals surface area contributed by atoms with Gasteiger partial charge in [-0.25, -0.2) is 9.97 Å². The Morgan fingerprint density at radius 1 is 1.18 bits per heavy atom. The molecule has 0 bridgehead atoms. The fraction of sp³-hybridized carbons (Fsp3) is 0.0833. The van der Waals surface area contributed by atoms with Crippen LogP contribution in [-0.2, 0) is 7.05 Å². The van der Waals surface area contributed by atoms with Crippen LogP contribution in [0.3, 0.4) is 0 Å². The van der Waals surface area contributed by atoms with Crippen molar-refractivity contribution in [3.63, 3.8) is 0 Å². The molecule has 1 aromatic carbocycles. The van der Waals surface area contributed by atoms with E-state index >= 15 is 0 Å². The second-order valence-electron chi connectivity index (χ2n) is 3.83. The number of aryl methyl sites for hydroxylation is 1. The van der Waals surface area contributed by atoms with Gasteiger partial charge in [-0.1, -0.05) is 6.07 Å². The van der Waals surface area contributed by atoms with Crippen molar-refractivity contribution in [1.29, 1.82) is 0 Å². The Balaban J connectivity index is 2.20. The molecule has 5 heteroatoms. The van der Waals surface area contributed by atoms with Crippen molar-refractivity contribution in [1.82, 2.24) is 19.7 Å². The first-order valence-corrected chi connectivity index (χ1v) is 5.17. The van der Waals surface area contributed by atoms with Crippen molar-refractivity contribution in [2.75, 3.05) is 0 Å². The van der Waals surface area contributed by atoms with E-state index in [1.807, 2.05) is 31.4 Å². The fourth-order valence-electron chi connectivity index (χ4n) is 1.79. The number of hydrogen-bond donors (Lipinski definition) is 1. The normalized spacial score (nSPS) is 10.9. The highest BCUT2D eigenvalue weighted by atomic mass is 16.3. The summed E-state index contributed by atoms with van der Waals surface area (Å²) in [6.45, 7) is 0. The lowest BCUT2D eigenvalue weighted by molar-refractivity contribution is 0.459. The van der Waals surface area contributed by atoms with Crippen molar-refractivity contribution in [3.05, 3.63) is 36.9 Å². The van der Waals surface area contributed by atoms with Gasteiger partial charge >= 0.3 is 0 Å². The third kappa shape index (κ3) is 1.61. The van der Waals surface area contributed by atoms with Crippen LogP contribution >= 0.6 is 0 Å². The molecule has 0 saturated heterocycles. The summed E-state index contributed by atoms with van der Waals surface area (Å²) in [5.41, 5.74) is 2.76. The van der Waals surface area contributed by atoms with Gasteiger partial charge < -0.3 is 5.11 Å². The summed E-state index contributed by atoms with van der Waals surface area (Å²) in [6, 6.07) is 5.64. The molecule has 2 aromatic heterocycles. The first-order valence-electron chi connectivity index (χ1n) is 5.17. The van der Waals surface area contributed by atoms with E-state index < -0.39 is 0 Å². The second kappa shape index (κ2) is 3.55. The Bertz CT molecular complexity index is 690. The molecule has 17 heavy (non-hydrogen) atoms. The third-order valence-electron chi connectivity index (χ3n) is 2.65. The summed E-state index contributed by atoms with van der Waals surface area (Å²) in [5.74, 6) is 0.00716. The molecule has 0 amide bonds. The highest BCUT2D eigenvalue weighted by molar-refractivity contribution is 5.87. The zero-order chi connectivity index (χ0) is 11.8. The van der Waals surface area contributed by atoms with Crippen LogP contribution in [0.4, 0.5) is 0 Å². The molecule has 0 radical (unpaired) electrons. The van der Waals surface area contributed by atoms with Crippen molar-refractivity contribution in [3.8, 4) is 17.0 Å². The number of rotatable bonds is 1. The van der Waals surface area contributed by atoms with E-state index in [9.17, 15) is 5.11 Å². The molecule has 5 nitrogen and oxygen atoms in total. The number of benzene rings is 1. The molecule has 3 rings (SSSR count). The predicted molar refractivity (Wildman–Crippen MR) is 63.4 cm³/mol. The molecule has 0 spiro atoms. The minimum absolute atomic E-state index is 0.00716. The van der Waals surface area contributed by atoms with Gasteiger partial charge in [-0.05, 0) is 17.7 Å². The Hall–Kier alpha value is -2.43. The van der Waals surface area contributed by atoms with E-state index in [-0.39, 0.29) is 5.88 Å². The van der Waals surface area contributed by atoms with Gasteiger partial charge in [-0.15, -0.1) is 0 Å². The summed E-state index contributed by atoms with van der Waals surface area (Å²) in [7, 11) is 1.87. The van der Waals surface area contributed by atoms with Gasteiger partial charge in [-0.2, -0.15) is 5.10 Å². The lowest BCUT2D eigenvalue weighted by Gasteiger charge is -2.01. The molecule has 0 aliphatic heterocycles. The smallest absolute Gasteiger partial charge is 0.221 e. The van der Waals surface area contributed by atoms with E-state index in [1.165, 1.54) is 6.33 Å². The maximum atomic E-state index is 9.57. The number of hydrogen-bond acceptors (Lipinski definition) is 4. The van der Waals surface area contributed by atoms with Gasteiger partial charge in [0.2, 0.25) is 5.88 Å². The largest absolute Gasteiger partial charge is 0.493 e. The molecular weight excluding hydrogens is 216 g/mol. The molecule has 0 aliphatic carbocycles. The van der Waals surface area contributed by atoms with Crippen LogP contribution < -0.4 is 0 Å². The molecule has 0 aliphatic rings. The Labute approximate surface area is 97.4 Å². The lowest BCUT2D eigenvalue weighted by Crippen LogP contribution is -1.85. The topological polar surface area (TPSA) is 63.8 Å². The van der Waals surface area contributed by atoms with Gasteiger partial charge in [0.15, 0.2) is 0 Å². The standard InChI is InChI=1S/C12H10N4O/c1-16-6-9(5-15-16)8-2-3-10-11(4-8)13-7-14-12(10)17/h2-7H,1H3,(H,13,14,17). The summed E-state index contributed by atoms with van der Waals surface area (Å²) in [5, 5.41) is 14.3. The van der Waals surface area contributed by atoms with Crippen LogP contribution in [0.25, 0.3) is 22.0 Å². The molecule has 0 atom stereocenters. The van der Waals surface area contributed by atoms with Gasteiger partial charge in [0.05, 0.1) is 17.1 Å². The van der Waals surface area contributed by atoms with E-state index in [1.54, 1.807) is 10.9 Å². The maximum Gasteiger partial charge on any atom is 0.221 e. The average molecular weight is 226 g/mol. The van der Waals surface area contributed by atoms with Crippen LogP contribution in [-0.4, -0.2) is 24.9 Å². The molecular formula is C12H10N4O. The van der Waals surface area contributed by atoms with Gasteiger partial charge in [-0.3, -0.25) is 4.68 Å². The van der Waals surface area contributed by atoms with Gasteiger partial charge in [0.25, 0.3) is 0 Å². The third-order valence-corrected chi connectivity index (χ3v) is 2.65. The predicted octanol–water partition coefficient (Wildman–Crippen LogP) is 1.74. The fourth-order valence-corrected chi connectivity index (χ4v) is 1.79. The summed E-state index contributed by atoms with van der Waals surface area (Å²) in [6.07, 6.45) is 5.08. The molecule has 0 fully saturated rings. The summed E-state index contributed by atoms with van der Waals surface area (Å²) < 4.78 is 1.75. The van der Waals surface area contributed by atoms with Crippen molar-refractivity contribution >= 4 is 10.9 Å². The quantitative estimate of drug-likeness (QED) is 0.686. The number of fused-ring (bicyclic) bond motifs is 1. The Morgan fingerprint density at radius 2 is 2.06 bits per heavy atom. The molecule has 3 aromatic rings. The van der Waals surface area contributed by atoms with E-state index in [0.29, 0.717) is 5.39 Å². The highest BCUT2D eigenvalue weighted by Crippen LogP contribution is 2.26. The Morgan fingerprint density at radius 3 is 2.82 bits per heavy atom. The number of aromatic nitrogens is 4. The van der Waals surface area contributed by atoms with E-state index in [2.05, 4.69) is 15.1 Å². The highest BCUT2D eigenvalue weighted by Gasteiger charge is 2.05. The first kappa shape index (κ1) is 9.77. The van der Waals surface area contributed by atoms with Crippen LogP contribution in [0.2, 0.25) is 0 Å². The minimum Gasteiger partial charge on any atom is -0.493 e. The van der Waals surface area contributed by atoms with Crippen LogP contribution in [0.15, 0.2) is 36.9 Å². The summed E-state index contributed by atoms with van der Waals surface area (Å²) in [4.78, 5) is 7.88. The Kier molecular flexibility index (Phi) is 2.04.